The molecule has 1 nitrogen and oxygen atoms in total. The van der Waals surface area contributed by atoms with Crippen molar-refractivity contribution in [2.24, 2.45) is 0 Å². The fraction of sp³-hybridized carbons (Fsp3) is 0.208. The minimum atomic E-state index is 0.161. The van der Waals surface area contributed by atoms with Crippen LogP contribution in [0.15, 0.2) is 72.1 Å². The van der Waals surface area contributed by atoms with Gasteiger partial charge in [-0.3, -0.25) is 4.79 Å². The molecule has 0 N–H and O–H groups in total. The summed E-state index contributed by atoms with van der Waals surface area (Å²) in [7, 11) is 0. The van der Waals surface area contributed by atoms with Crippen molar-refractivity contribution in [1.29, 1.82) is 0 Å². The van der Waals surface area contributed by atoms with Crippen LogP contribution in [0, 0.1) is 6.92 Å². The van der Waals surface area contributed by atoms with Crippen LogP contribution in [0.3, 0.4) is 0 Å². The van der Waals surface area contributed by atoms with E-state index < -0.39 is 0 Å². The maximum atomic E-state index is 12.1. The molecule has 2 heteroatoms. The van der Waals surface area contributed by atoms with Crippen molar-refractivity contribution < 1.29 is 4.79 Å². The van der Waals surface area contributed by atoms with Crippen LogP contribution in [0.4, 0.5) is 0 Å². The zero-order valence-electron chi connectivity index (χ0n) is 15.4. The number of hydrogen-bond donors (Lipinski definition) is 0. The molecule has 0 aliphatic carbocycles. The van der Waals surface area contributed by atoms with Gasteiger partial charge in [-0.25, -0.2) is 0 Å². The van der Waals surface area contributed by atoms with Crippen molar-refractivity contribution in [2.75, 3.05) is 5.75 Å². The van der Waals surface area contributed by atoms with E-state index in [2.05, 4.69) is 62.0 Å². The van der Waals surface area contributed by atoms with Crippen molar-refractivity contribution in [3.05, 3.63) is 94.4 Å². The average molecular weight is 361 g/mol. The predicted molar refractivity (Wildman–Crippen MR) is 114 cm³/mol. The summed E-state index contributed by atoms with van der Waals surface area (Å²) in [6.45, 7) is 7.87. The van der Waals surface area contributed by atoms with Crippen LogP contribution in [-0.2, 0) is 12.8 Å². The Morgan fingerprint density at radius 2 is 1.50 bits per heavy atom. The van der Waals surface area contributed by atoms with Gasteiger partial charge in [-0.15, -0.1) is 11.8 Å². The molecule has 0 saturated carbocycles. The number of rotatable bonds is 7. The number of hydrogen-bond acceptors (Lipinski definition) is 2. The Labute approximate surface area is 160 Å². The third-order valence-corrected chi connectivity index (χ3v) is 5.39. The fourth-order valence-electron chi connectivity index (χ4n) is 2.99. The second-order valence-corrected chi connectivity index (χ2v) is 8.07. The molecule has 0 radical (unpaired) electrons. The fourth-order valence-corrected chi connectivity index (χ4v) is 3.53. The van der Waals surface area contributed by atoms with Gasteiger partial charge in [0.25, 0.3) is 0 Å². The Bertz CT molecular complexity index is 938. The number of ketones is 1. The van der Waals surface area contributed by atoms with Crippen molar-refractivity contribution in [3.63, 3.8) is 0 Å². The summed E-state index contributed by atoms with van der Waals surface area (Å²) in [4.78, 5) is 13.1. The van der Waals surface area contributed by atoms with Crippen LogP contribution in [-0.4, -0.2) is 11.5 Å². The molecular weight excluding hydrogens is 336 g/mol. The van der Waals surface area contributed by atoms with E-state index in [9.17, 15) is 4.79 Å². The van der Waals surface area contributed by atoms with Crippen LogP contribution in [0.2, 0.25) is 0 Å². The Balaban J connectivity index is 1.62. The van der Waals surface area contributed by atoms with Crippen LogP contribution >= 0.6 is 11.8 Å². The van der Waals surface area contributed by atoms with Gasteiger partial charge in [0.05, 0.1) is 5.75 Å². The SMILES string of the molecule is C=C(C)SCC(=O)c1ccc(CCc2ccc3cc(C)ccc3c2)cc1. The molecule has 26 heavy (non-hydrogen) atoms. The Morgan fingerprint density at radius 1 is 0.885 bits per heavy atom. The van der Waals surface area contributed by atoms with Crippen LogP contribution in [0.1, 0.15) is 34.0 Å². The number of allylic oxidation sites excluding steroid dienone is 1. The van der Waals surface area contributed by atoms with E-state index >= 15 is 0 Å². The first-order chi connectivity index (χ1) is 12.5. The summed E-state index contributed by atoms with van der Waals surface area (Å²) < 4.78 is 0. The summed E-state index contributed by atoms with van der Waals surface area (Å²) in [6, 6.07) is 21.3. The van der Waals surface area contributed by atoms with Crippen molar-refractivity contribution >= 4 is 28.3 Å². The average Bonchev–Trinajstić information content (AvgIpc) is 2.64. The highest BCUT2D eigenvalue weighted by Gasteiger charge is 2.06. The van der Waals surface area contributed by atoms with Gasteiger partial charge in [0.15, 0.2) is 5.78 Å². The summed E-state index contributed by atoms with van der Waals surface area (Å²) in [5.41, 5.74) is 4.68. The van der Waals surface area contributed by atoms with Gasteiger partial charge in [0, 0.05) is 5.56 Å². The number of benzene rings is 3. The van der Waals surface area contributed by atoms with Crippen LogP contribution in [0.25, 0.3) is 10.8 Å². The Kier molecular flexibility index (Phi) is 5.95. The maximum Gasteiger partial charge on any atom is 0.173 e. The predicted octanol–water partition coefficient (Wildman–Crippen LogP) is 6.38. The number of thioether (sulfide) groups is 1. The molecule has 0 heterocycles. The normalized spacial score (nSPS) is 10.8. The number of Topliss-reactive ketones (excluding diaryl/α,β-unsaturated/α-hetero) is 1. The first kappa shape index (κ1) is 18.5. The highest BCUT2D eigenvalue weighted by atomic mass is 32.2. The topological polar surface area (TPSA) is 17.1 Å². The lowest BCUT2D eigenvalue weighted by Gasteiger charge is -2.06. The molecule has 0 fully saturated rings. The van der Waals surface area contributed by atoms with Gasteiger partial charge in [0.1, 0.15) is 0 Å². The second kappa shape index (κ2) is 8.37. The molecule has 132 valence electrons. The Morgan fingerprint density at radius 3 is 2.23 bits per heavy atom. The van der Waals surface area contributed by atoms with E-state index in [4.69, 9.17) is 0 Å². The molecule has 0 unspecified atom stereocenters. The minimum absolute atomic E-state index is 0.161. The van der Waals surface area contributed by atoms with E-state index in [1.54, 1.807) is 0 Å². The number of aryl methyl sites for hydroxylation is 3. The summed E-state index contributed by atoms with van der Waals surface area (Å²) in [6.07, 6.45) is 1.98. The lowest BCUT2D eigenvalue weighted by atomic mass is 9.99. The molecule has 3 rings (SSSR count). The van der Waals surface area contributed by atoms with Gasteiger partial charge >= 0.3 is 0 Å². The van der Waals surface area contributed by atoms with Crippen molar-refractivity contribution in [2.45, 2.75) is 26.7 Å². The van der Waals surface area contributed by atoms with Gasteiger partial charge in [-0.2, -0.15) is 0 Å². The molecular formula is C24H24OS. The van der Waals surface area contributed by atoms with E-state index in [0.717, 1.165) is 23.3 Å². The first-order valence-corrected chi connectivity index (χ1v) is 9.89. The molecule has 0 amide bonds. The largest absolute Gasteiger partial charge is 0.293 e. The Hall–Kier alpha value is -2.32. The molecule has 0 aromatic heterocycles. The smallest absolute Gasteiger partial charge is 0.173 e. The number of carbonyl (C=O) groups excluding carboxylic acids is 1. The van der Waals surface area contributed by atoms with Crippen LogP contribution in [0.5, 0.6) is 0 Å². The monoisotopic (exact) mass is 360 g/mol. The van der Waals surface area contributed by atoms with Gasteiger partial charge in [-0.1, -0.05) is 72.8 Å². The summed E-state index contributed by atoms with van der Waals surface area (Å²) >= 11 is 1.50. The molecule has 0 aliphatic rings. The highest BCUT2D eigenvalue weighted by Crippen LogP contribution is 2.19. The third-order valence-electron chi connectivity index (χ3n) is 4.49. The number of fused-ring (bicyclic) bond motifs is 1. The summed E-state index contributed by atoms with van der Waals surface area (Å²) in [5.74, 6) is 0.625. The zero-order chi connectivity index (χ0) is 18.5. The van der Waals surface area contributed by atoms with Gasteiger partial charge in [-0.05, 0) is 53.5 Å². The molecule has 0 bridgehead atoms. The van der Waals surface area contributed by atoms with E-state index in [1.807, 2.05) is 19.1 Å². The quantitative estimate of drug-likeness (QED) is 0.455. The molecule has 0 aliphatic heterocycles. The molecule has 0 saturated heterocycles. The van der Waals surface area contributed by atoms with Crippen molar-refractivity contribution in [3.8, 4) is 0 Å². The van der Waals surface area contributed by atoms with E-state index in [1.165, 1.54) is 39.2 Å². The van der Waals surface area contributed by atoms with E-state index in [0.29, 0.717) is 5.75 Å². The maximum absolute atomic E-state index is 12.1. The van der Waals surface area contributed by atoms with Gasteiger partial charge in [0.2, 0.25) is 0 Å². The molecule has 0 spiro atoms. The zero-order valence-corrected chi connectivity index (χ0v) is 16.2. The van der Waals surface area contributed by atoms with Gasteiger partial charge < -0.3 is 0 Å². The lowest BCUT2D eigenvalue weighted by molar-refractivity contribution is 0.102. The van der Waals surface area contributed by atoms with E-state index in [-0.39, 0.29) is 5.78 Å². The standard InChI is InChI=1S/C24H24OS/c1-17(2)26-16-24(25)21-11-7-19(8-12-21)5-6-20-9-13-22-14-18(3)4-10-23(22)15-20/h4,7-15H,1,5-6,16H2,2-3H3. The first-order valence-electron chi connectivity index (χ1n) is 8.91. The molecule has 3 aromatic rings. The molecule has 3 aromatic carbocycles. The summed E-state index contributed by atoms with van der Waals surface area (Å²) in [5, 5.41) is 2.59. The number of carbonyl (C=O) groups is 1. The lowest BCUT2D eigenvalue weighted by Crippen LogP contribution is -2.02. The molecule has 0 atom stereocenters. The van der Waals surface area contributed by atoms with Crippen molar-refractivity contribution in [1.82, 2.24) is 0 Å². The van der Waals surface area contributed by atoms with Crippen LogP contribution < -0.4 is 0 Å². The third kappa shape index (κ3) is 4.86. The highest BCUT2D eigenvalue weighted by molar-refractivity contribution is 8.03. The second-order valence-electron chi connectivity index (χ2n) is 6.80. The minimum Gasteiger partial charge on any atom is -0.293 e.